The van der Waals surface area contributed by atoms with E-state index in [2.05, 4.69) is 19.2 Å². The van der Waals surface area contributed by atoms with Gasteiger partial charge in [-0.1, -0.05) is 335 Å². The molecule has 0 aromatic carbocycles. The quantitative estimate of drug-likeness (QED) is 0.0417. The van der Waals surface area contributed by atoms with Crippen LogP contribution >= 0.6 is 0 Å². The summed E-state index contributed by atoms with van der Waals surface area (Å²) in [5, 5.41) is 23.3. The van der Waals surface area contributed by atoms with Crippen molar-refractivity contribution < 1.29 is 24.5 Å². The molecule has 418 valence electrons. The smallest absolute Gasteiger partial charge is 0.305 e. The number of hydrogen-bond donors (Lipinski definition) is 3. The molecule has 0 saturated heterocycles. The Morgan fingerprint density at radius 2 is 0.586 bits per heavy atom. The number of aliphatic hydroxyl groups is 2. The summed E-state index contributed by atoms with van der Waals surface area (Å²) in [4.78, 5) is 24.6. The summed E-state index contributed by atoms with van der Waals surface area (Å²) in [6.45, 7) is 4.99. The number of carbonyl (C=O) groups is 2. The van der Waals surface area contributed by atoms with Gasteiger partial charge in [0.1, 0.15) is 0 Å². The van der Waals surface area contributed by atoms with E-state index in [1.54, 1.807) is 0 Å². The fourth-order valence-corrected chi connectivity index (χ4v) is 10.5. The molecule has 0 radical (unpaired) electrons. The molecule has 6 nitrogen and oxygen atoms in total. The lowest BCUT2D eigenvalue weighted by molar-refractivity contribution is -0.143. The lowest BCUT2D eigenvalue weighted by atomic mass is 10.0. The predicted octanol–water partition coefficient (Wildman–Crippen LogP) is 20.3. The summed E-state index contributed by atoms with van der Waals surface area (Å²) < 4.78 is 5.50. The molecule has 0 spiro atoms. The van der Waals surface area contributed by atoms with Crippen LogP contribution in [0.15, 0.2) is 0 Å². The lowest BCUT2D eigenvalue weighted by Crippen LogP contribution is -2.45. The summed E-state index contributed by atoms with van der Waals surface area (Å²) in [5.74, 6) is -0.0246. The maximum Gasteiger partial charge on any atom is 0.305 e. The van der Waals surface area contributed by atoms with Crippen LogP contribution in [0.5, 0.6) is 0 Å². The van der Waals surface area contributed by atoms with Gasteiger partial charge in [-0.15, -0.1) is 0 Å². The highest BCUT2D eigenvalue weighted by atomic mass is 16.5. The number of rotatable bonds is 61. The average Bonchev–Trinajstić information content (AvgIpc) is 3.36. The molecular weight excluding hydrogens is 863 g/mol. The normalized spacial score (nSPS) is 12.5. The van der Waals surface area contributed by atoms with E-state index in [4.69, 9.17) is 4.74 Å². The van der Waals surface area contributed by atoms with Gasteiger partial charge in [-0.2, -0.15) is 0 Å². The van der Waals surface area contributed by atoms with Crippen molar-refractivity contribution in [3.8, 4) is 0 Å². The van der Waals surface area contributed by atoms with E-state index in [1.807, 2.05) is 0 Å². The molecule has 3 N–H and O–H groups in total. The Labute approximate surface area is 438 Å². The van der Waals surface area contributed by atoms with Gasteiger partial charge in [0.2, 0.25) is 5.91 Å². The molecule has 1 amide bonds. The number of amides is 1. The van der Waals surface area contributed by atoms with Crippen molar-refractivity contribution >= 4 is 11.9 Å². The number of carbonyl (C=O) groups excluding carboxylic acids is 2. The maximum atomic E-state index is 12.5. The molecule has 0 aromatic heterocycles. The number of ether oxygens (including phenoxy) is 1. The van der Waals surface area contributed by atoms with Gasteiger partial charge in [0.05, 0.1) is 25.4 Å². The van der Waals surface area contributed by atoms with Crippen LogP contribution in [0.3, 0.4) is 0 Å². The van der Waals surface area contributed by atoms with Crippen molar-refractivity contribution in [3.05, 3.63) is 0 Å². The lowest BCUT2D eigenvalue weighted by Gasteiger charge is -2.22. The topological polar surface area (TPSA) is 95.9 Å². The summed E-state index contributed by atoms with van der Waals surface area (Å²) in [6, 6.07) is -0.545. The van der Waals surface area contributed by atoms with Gasteiger partial charge >= 0.3 is 5.97 Å². The number of nitrogens with one attached hydrogen (secondary N) is 1. The van der Waals surface area contributed by atoms with Crippen LogP contribution in [0.1, 0.15) is 373 Å². The fourth-order valence-electron chi connectivity index (χ4n) is 10.5. The molecule has 0 fully saturated rings. The molecule has 0 rings (SSSR count). The Kier molecular flexibility index (Phi) is 59.4. The zero-order valence-corrected chi connectivity index (χ0v) is 47.8. The molecule has 70 heavy (non-hydrogen) atoms. The highest BCUT2D eigenvalue weighted by Crippen LogP contribution is 2.19. The second-order valence-electron chi connectivity index (χ2n) is 22.5. The number of hydrogen-bond acceptors (Lipinski definition) is 5. The minimum Gasteiger partial charge on any atom is -0.466 e. The minimum atomic E-state index is -0.667. The molecule has 2 unspecified atom stereocenters. The molecule has 0 aliphatic carbocycles. The summed E-state index contributed by atoms with van der Waals surface area (Å²) in [7, 11) is 0. The Balaban J connectivity index is 3.38. The van der Waals surface area contributed by atoms with Crippen molar-refractivity contribution in [2.45, 2.75) is 386 Å². The number of unbranched alkanes of at least 4 members (excludes halogenated alkanes) is 50. The van der Waals surface area contributed by atoms with Gasteiger partial charge in [-0.3, -0.25) is 9.59 Å². The third kappa shape index (κ3) is 56.2. The molecule has 0 aliphatic heterocycles. The molecule has 0 aliphatic rings. The molecule has 2 atom stereocenters. The van der Waals surface area contributed by atoms with Crippen molar-refractivity contribution in [2.75, 3.05) is 13.2 Å². The Morgan fingerprint density at radius 3 is 0.871 bits per heavy atom. The van der Waals surface area contributed by atoms with E-state index >= 15 is 0 Å². The highest BCUT2D eigenvalue weighted by Gasteiger charge is 2.20. The second kappa shape index (κ2) is 60.4. The van der Waals surface area contributed by atoms with Crippen molar-refractivity contribution in [3.63, 3.8) is 0 Å². The SMILES string of the molecule is CCCCCCCCCCCCCCCCCCCCC(=O)OCCCCCCCCCCCCCCCCCCCC(=O)NC(CO)C(O)CCCCCCCCCCCCCCCCCCCC. The third-order valence-electron chi connectivity index (χ3n) is 15.4. The predicted molar refractivity (Wildman–Crippen MR) is 306 cm³/mol. The molecule has 0 aromatic rings. The molecule has 0 bridgehead atoms. The third-order valence-corrected chi connectivity index (χ3v) is 15.4. The van der Waals surface area contributed by atoms with E-state index < -0.39 is 12.1 Å². The first-order valence-corrected chi connectivity index (χ1v) is 32.3. The monoisotopic (exact) mass is 990 g/mol. The van der Waals surface area contributed by atoms with E-state index in [1.165, 1.54) is 302 Å². The largest absolute Gasteiger partial charge is 0.466 e. The minimum absolute atomic E-state index is 0.0112. The first-order valence-electron chi connectivity index (χ1n) is 32.3. The van der Waals surface area contributed by atoms with Crippen LogP contribution in [0, 0.1) is 0 Å². The van der Waals surface area contributed by atoms with Gasteiger partial charge in [0, 0.05) is 12.8 Å². The first kappa shape index (κ1) is 68.9. The summed E-state index contributed by atoms with van der Waals surface area (Å²) in [6.07, 6.45) is 71.1. The van der Waals surface area contributed by atoms with E-state index in [0.29, 0.717) is 25.9 Å². The summed E-state index contributed by atoms with van der Waals surface area (Å²) >= 11 is 0. The standard InChI is InChI=1S/C64H127NO5/c1-3-5-7-9-11-13-15-17-19-21-24-28-32-36-40-44-48-52-56-62(67)61(60-66)65-63(68)57-53-49-45-41-37-33-29-25-23-27-31-35-39-43-47-51-55-59-70-64(69)58-54-50-46-42-38-34-30-26-22-20-18-16-14-12-10-8-6-4-2/h61-62,66-67H,3-60H2,1-2H3,(H,65,68). The van der Waals surface area contributed by atoms with E-state index in [9.17, 15) is 19.8 Å². The van der Waals surface area contributed by atoms with Crippen molar-refractivity contribution in [1.82, 2.24) is 5.32 Å². The average molecular weight is 991 g/mol. The Morgan fingerprint density at radius 1 is 0.343 bits per heavy atom. The van der Waals surface area contributed by atoms with Crippen LogP contribution in [-0.4, -0.2) is 47.4 Å². The zero-order chi connectivity index (χ0) is 50.7. The Bertz CT molecular complexity index is 1010. The van der Waals surface area contributed by atoms with Gasteiger partial charge in [0.25, 0.3) is 0 Å². The van der Waals surface area contributed by atoms with E-state index in [0.717, 1.165) is 38.5 Å². The summed E-state index contributed by atoms with van der Waals surface area (Å²) in [5.41, 5.74) is 0. The zero-order valence-electron chi connectivity index (χ0n) is 47.8. The van der Waals surface area contributed by atoms with Crippen LogP contribution in [-0.2, 0) is 14.3 Å². The molecule has 0 saturated carbocycles. The fraction of sp³-hybridized carbons (Fsp3) is 0.969. The first-order chi connectivity index (χ1) is 34.5. The molecule has 6 heteroatoms. The van der Waals surface area contributed by atoms with Crippen LogP contribution < -0.4 is 5.32 Å². The van der Waals surface area contributed by atoms with Crippen molar-refractivity contribution in [1.29, 1.82) is 0 Å². The highest BCUT2D eigenvalue weighted by molar-refractivity contribution is 5.76. The molecule has 0 heterocycles. The van der Waals surface area contributed by atoms with Crippen LogP contribution in [0.4, 0.5) is 0 Å². The van der Waals surface area contributed by atoms with Gasteiger partial charge in [-0.25, -0.2) is 0 Å². The van der Waals surface area contributed by atoms with Gasteiger partial charge in [-0.05, 0) is 25.7 Å². The van der Waals surface area contributed by atoms with Crippen LogP contribution in [0.2, 0.25) is 0 Å². The van der Waals surface area contributed by atoms with E-state index in [-0.39, 0.29) is 18.5 Å². The maximum absolute atomic E-state index is 12.5. The van der Waals surface area contributed by atoms with Gasteiger partial charge in [0.15, 0.2) is 0 Å². The van der Waals surface area contributed by atoms with Gasteiger partial charge < -0.3 is 20.3 Å². The van der Waals surface area contributed by atoms with Crippen molar-refractivity contribution in [2.24, 2.45) is 0 Å². The number of aliphatic hydroxyl groups excluding tert-OH is 2. The second-order valence-corrected chi connectivity index (χ2v) is 22.5. The molecular formula is C64H127NO5. The number of esters is 1. The Hall–Kier alpha value is -1.14. The van der Waals surface area contributed by atoms with Crippen LogP contribution in [0.25, 0.3) is 0 Å².